The molecule has 31 heavy (non-hydrogen) atoms. The number of benzene rings is 1. The Morgan fingerprint density at radius 1 is 1.13 bits per heavy atom. The molecular formula is C24H26N6O. The highest BCUT2D eigenvalue weighted by molar-refractivity contribution is 6.04. The van der Waals surface area contributed by atoms with Crippen molar-refractivity contribution >= 4 is 16.8 Å². The van der Waals surface area contributed by atoms with Crippen molar-refractivity contribution in [2.75, 3.05) is 19.6 Å². The number of H-pyrrole nitrogens is 1. The van der Waals surface area contributed by atoms with Gasteiger partial charge in [-0.1, -0.05) is 24.3 Å². The van der Waals surface area contributed by atoms with Crippen molar-refractivity contribution in [1.29, 1.82) is 0 Å². The maximum atomic E-state index is 12.7. The summed E-state index contributed by atoms with van der Waals surface area (Å²) < 4.78 is 2.15. The van der Waals surface area contributed by atoms with E-state index in [1.54, 1.807) is 0 Å². The number of likely N-dealkylation sites (tertiary alicyclic amines) is 1. The lowest BCUT2D eigenvalue weighted by molar-refractivity contribution is 0.0926. The number of pyridine rings is 1. The number of hydrogen-bond donors (Lipinski definition) is 2. The van der Waals surface area contributed by atoms with E-state index in [1.807, 2.05) is 48.7 Å². The van der Waals surface area contributed by atoms with Gasteiger partial charge in [0.05, 0.1) is 5.52 Å². The van der Waals surface area contributed by atoms with Crippen molar-refractivity contribution < 1.29 is 4.79 Å². The topological polar surface area (TPSA) is 78.8 Å². The first-order valence-corrected chi connectivity index (χ1v) is 10.8. The number of hydrogen-bond acceptors (Lipinski definition) is 4. The Morgan fingerprint density at radius 3 is 2.94 bits per heavy atom. The van der Waals surface area contributed by atoms with Gasteiger partial charge in [0.15, 0.2) is 5.69 Å². The third kappa shape index (κ3) is 4.22. The first-order valence-electron chi connectivity index (χ1n) is 10.8. The maximum absolute atomic E-state index is 12.7. The Balaban J connectivity index is 1.20. The number of amides is 1. The van der Waals surface area contributed by atoms with Crippen molar-refractivity contribution in [3.05, 3.63) is 78.4 Å². The number of piperidine rings is 1. The Labute approximate surface area is 181 Å². The Morgan fingerprint density at radius 2 is 2.03 bits per heavy atom. The lowest BCUT2D eigenvalue weighted by Gasteiger charge is -2.33. The molecule has 1 fully saturated rings. The van der Waals surface area contributed by atoms with E-state index in [-0.39, 0.29) is 5.91 Å². The summed E-state index contributed by atoms with van der Waals surface area (Å²) in [6, 6.07) is 17.9. The molecule has 1 aromatic carbocycles. The van der Waals surface area contributed by atoms with Crippen LogP contribution in [-0.2, 0) is 6.54 Å². The summed E-state index contributed by atoms with van der Waals surface area (Å²) in [7, 11) is 0. The van der Waals surface area contributed by atoms with Gasteiger partial charge in [-0.3, -0.25) is 14.8 Å². The molecule has 1 saturated heterocycles. The normalized spacial score (nSPS) is 17.1. The average molecular weight is 415 g/mol. The van der Waals surface area contributed by atoms with Gasteiger partial charge in [0, 0.05) is 43.1 Å². The molecule has 4 aromatic rings. The van der Waals surface area contributed by atoms with Crippen molar-refractivity contribution in [3.63, 3.8) is 0 Å². The average Bonchev–Trinajstić information content (AvgIpc) is 3.45. The molecule has 7 heteroatoms. The highest BCUT2D eigenvalue weighted by Crippen LogP contribution is 2.20. The number of carbonyl (C=O) groups excluding carboxylic acids is 1. The molecule has 1 unspecified atom stereocenters. The fourth-order valence-corrected chi connectivity index (χ4v) is 4.41. The molecule has 5 rings (SSSR count). The van der Waals surface area contributed by atoms with E-state index in [0.29, 0.717) is 18.2 Å². The summed E-state index contributed by atoms with van der Waals surface area (Å²) in [5.41, 5.74) is 2.58. The molecule has 2 N–H and O–H groups in total. The summed E-state index contributed by atoms with van der Waals surface area (Å²) in [6.07, 6.45) is 6.14. The van der Waals surface area contributed by atoms with Crippen LogP contribution in [0.2, 0.25) is 0 Å². The Hall–Kier alpha value is -3.45. The van der Waals surface area contributed by atoms with Crippen LogP contribution in [0.5, 0.6) is 0 Å². The number of carbonyl (C=O) groups is 1. The molecule has 0 radical (unpaired) electrons. The predicted molar refractivity (Wildman–Crippen MR) is 120 cm³/mol. The second kappa shape index (κ2) is 8.73. The summed E-state index contributed by atoms with van der Waals surface area (Å²) in [4.78, 5) is 19.6. The first kappa shape index (κ1) is 19.5. The predicted octanol–water partition coefficient (Wildman–Crippen LogP) is 3.39. The van der Waals surface area contributed by atoms with E-state index in [0.717, 1.165) is 49.2 Å². The Bertz CT molecular complexity index is 1170. The highest BCUT2D eigenvalue weighted by Gasteiger charge is 2.22. The molecule has 1 atom stereocenters. The number of nitrogens with zero attached hydrogens (tertiary/aromatic N) is 4. The van der Waals surface area contributed by atoms with Crippen molar-refractivity contribution in [1.82, 2.24) is 30.0 Å². The second-order valence-electron chi connectivity index (χ2n) is 8.13. The lowest BCUT2D eigenvalue weighted by atomic mass is 9.97. The number of fused-ring (bicyclic) bond motifs is 1. The van der Waals surface area contributed by atoms with Crippen LogP contribution in [0.1, 0.15) is 29.0 Å². The zero-order valence-electron chi connectivity index (χ0n) is 17.4. The van der Waals surface area contributed by atoms with Gasteiger partial charge in [-0.15, -0.1) is 0 Å². The van der Waals surface area contributed by atoms with Crippen LogP contribution < -0.4 is 5.32 Å². The van der Waals surface area contributed by atoms with Gasteiger partial charge in [0.2, 0.25) is 0 Å². The summed E-state index contributed by atoms with van der Waals surface area (Å²) >= 11 is 0. The van der Waals surface area contributed by atoms with Gasteiger partial charge < -0.3 is 9.88 Å². The van der Waals surface area contributed by atoms with Crippen LogP contribution in [0.15, 0.2) is 67.0 Å². The summed E-state index contributed by atoms with van der Waals surface area (Å²) in [6.45, 7) is 3.58. The van der Waals surface area contributed by atoms with Gasteiger partial charge in [-0.05, 0) is 55.6 Å². The van der Waals surface area contributed by atoms with E-state index >= 15 is 0 Å². The molecule has 158 valence electrons. The zero-order valence-corrected chi connectivity index (χ0v) is 17.4. The first-order chi connectivity index (χ1) is 15.3. The number of aromatic nitrogens is 4. The largest absolute Gasteiger partial charge is 0.350 e. The van der Waals surface area contributed by atoms with Crippen molar-refractivity contribution in [2.24, 2.45) is 5.92 Å². The lowest BCUT2D eigenvalue weighted by Crippen LogP contribution is -2.40. The fraction of sp³-hybridized carbons (Fsp3) is 0.292. The standard InChI is InChI=1S/C24H26N6O/c31-24(23-20-9-1-2-10-21(20)27-28-23)26-15-18-7-5-13-29(16-18)17-19-8-6-14-30(19)22-11-3-4-12-25-22/h1-4,6,8-12,14,18H,5,7,13,15-17H2,(H,26,31)(H,27,28). The van der Waals surface area contributed by atoms with Crippen LogP contribution in [0.25, 0.3) is 16.7 Å². The summed E-state index contributed by atoms with van der Waals surface area (Å²) in [5.74, 6) is 1.26. The SMILES string of the molecule is O=C(NCC1CCCN(Cc2cccn2-c2ccccn2)C1)c1n[nH]c2ccccc12. The maximum Gasteiger partial charge on any atom is 0.272 e. The van der Waals surface area contributed by atoms with Crippen LogP contribution in [0.4, 0.5) is 0 Å². The van der Waals surface area contributed by atoms with E-state index in [2.05, 4.69) is 48.3 Å². The molecule has 7 nitrogen and oxygen atoms in total. The summed E-state index contributed by atoms with van der Waals surface area (Å²) in [5, 5.41) is 11.1. The molecule has 1 amide bonds. The van der Waals surface area contributed by atoms with Gasteiger partial charge in [-0.25, -0.2) is 4.98 Å². The van der Waals surface area contributed by atoms with Crippen LogP contribution in [-0.4, -0.2) is 50.2 Å². The monoisotopic (exact) mass is 414 g/mol. The van der Waals surface area contributed by atoms with Gasteiger partial charge in [0.25, 0.3) is 5.91 Å². The number of rotatable bonds is 6. The minimum atomic E-state index is -0.112. The molecule has 4 heterocycles. The van der Waals surface area contributed by atoms with Crippen LogP contribution >= 0.6 is 0 Å². The minimum absolute atomic E-state index is 0.112. The van der Waals surface area contributed by atoms with Crippen molar-refractivity contribution in [2.45, 2.75) is 19.4 Å². The number of para-hydroxylation sites is 1. The van der Waals surface area contributed by atoms with Crippen LogP contribution in [0.3, 0.4) is 0 Å². The molecule has 3 aromatic heterocycles. The molecule has 1 aliphatic heterocycles. The molecular weight excluding hydrogens is 388 g/mol. The van der Waals surface area contributed by atoms with Gasteiger partial charge in [0.1, 0.15) is 5.82 Å². The number of aromatic amines is 1. The fourth-order valence-electron chi connectivity index (χ4n) is 4.41. The molecule has 0 bridgehead atoms. The van der Waals surface area contributed by atoms with Crippen LogP contribution in [0, 0.1) is 5.92 Å². The highest BCUT2D eigenvalue weighted by atomic mass is 16.1. The minimum Gasteiger partial charge on any atom is -0.350 e. The van der Waals surface area contributed by atoms with E-state index in [9.17, 15) is 4.79 Å². The van der Waals surface area contributed by atoms with Gasteiger partial charge >= 0.3 is 0 Å². The van der Waals surface area contributed by atoms with E-state index in [4.69, 9.17) is 0 Å². The third-order valence-electron chi connectivity index (χ3n) is 5.95. The van der Waals surface area contributed by atoms with Crippen molar-refractivity contribution in [3.8, 4) is 5.82 Å². The number of nitrogens with one attached hydrogen (secondary N) is 2. The van der Waals surface area contributed by atoms with E-state index in [1.165, 1.54) is 5.69 Å². The molecule has 0 saturated carbocycles. The second-order valence-corrected chi connectivity index (χ2v) is 8.13. The van der Waals surface area contributed by atoms with E-state index < -0.39 is 0 Å². The van der Waals surface area contributed by atoms with Gasteiger partial charge in [-0.2, -0.15) is 5.10 Å². The Kier molecular flexibility index (Phi) is 5.50. The molecule has 1 aliphatic rings. The molecule has 0 aliphatic carbocycles. The smallest absolute Gasteiger partial charge is 0.272 e. The third-order valence-corrected chi connectivity index (χ3v) is 5.95. The quantitative estimate of drug-likeness (QED) is 0.507. The molecule has 0 spiro atoms. The zero-order chi connectivity index (χ0) is 21.0.